The maximum atomic E-state index is 6.11. The summed E-state index contributed by atoms with van der Waals surface area (Å²) in [5.41, 5.74) is 8.79. The van der Waals surface area contributed by atoms with Crippen LogP contribution in [0.25, 0.3) is 0 Å². The number of morpholine rings is 1. The topological polar surface area (TPSA) is 38.5 Å². The van der Waals surface area contributed by atoms with Crippen molar-refractivity contribution in [3.05, 3.63) is 35.4 Å². The van der Waals surface area contributed by atoms with Crippen molar-refractivity contribution in [2.45, 2.75) is 51.9 Å². The highest BCUT2D eigenvalue weighted by molar-refractivity contribution is 5.30. The Hall–Kier alpha value is -0.900. The summed E-state index contributed by atoms with van der Waals surface area (Å²) in [4.78, 5) is 2.49. The van der Waals surface area contributed by atoms with Gasteiger partial charge in [-0.05, 0) is 38.3 Å². The van der Waals surface area contributed by atoms with Gasteiger partial charge in [0.15, 0.2) is 0 Å². The fraction of sp³-hybridized carbons (Fsp3) is 0.647. The first kappa shape index (κ1) is 15.5. The normalized spacial score (nSPS) is 24.6. The maximum absolute atomic E-state index is 6.11. The molecule has 1 aliphatic heterocycles. The second-order valence-corrected chi connectivity index (χ2v) is 6.42. The molecule has 2 rings (SSSR count). The summed E-state index contributed by atoms with van der Waals surface area (Å²) in [5.74, 6) is 0. The average Bonchev–Trinajstić information content (AvgIpc) is 2.38. The first-order valence-electron chi connectivity index (χ1n) is 7.66. The molecule has 2 unspecified atom stereocenters. The Bertz CT molecular complexity index is 444. The van der Waals surface area contributed by atoms with Gasteiger partial charge in [-0.15, -0.1) is 0 Å². The van der Waals surface area contributed by atoms with E-state index < -0.39 is 0 Å². The first-order chi connectivity index (χ1) is 9.46. The van der Waals surface area contributed by atoms with Crippen LogP contribution in [-0.2, 0) is 11.2 Å². The fourth-order valence-corrected chi connectivity index (χ4v) is 3.39. The highest BCUT2D eigenvalue weighted by atomic mass is 16.5. The molecule has 1 aromatic carbocycles. The number of hydrogen-bond donors (Lipinski definition) is 1. The summed E-state index contributed by atoms with van der Waals surface area (Å²) in [6.07, 6.45) is 1.30. The molecule has 0 saturated carbocycles. The van der Waals surface area contributed by atoms with Crippen LogP contribution in [0.1, 0.15) is 44.9 Å². The van der Waals surface area contributed by atoms with E-state index in [0.29, 0.717) is 6.54 Å². The molecule has 0 bridgehead atoms. The van der Waals surface area contributed by atoms with E-state index in [-0.39, 0.29) is 17.7 Å². The van der Waals surface area contributed by atoms with Gasteiger partial charge in [0.25, 0.3) is 0 Å². The third kappa shape index (κ3) is 3.40. The van der Waals surface area contributed by atoms with E-state index in [0.717, 1.165) is 19.5 Å². The molecule has 1 saturated heterocycles. The number of ether oxygens (including phenoxy) is 1. The lowest BCUT2D eigenvalue weighted by Crippen LogP contribution is -2.54. The quantitative estimate of drug-likeness (QED) is 0.919. The van der Waals surface area contributed by atoms with Crippen LogP contribution in [0.2, 0.25) is 0 Å². The van der Waals surface area contributed by atoms with Gasteiger partial charge in [0.1, 0.15) is 0 Å². The lowest BCUT2D eigenvalue weighted by molar-refractivity contribution is -0.137. The minimum Gasteiger partial charge on any atom is -0.370 e. The number of nitrogens with two attached hydrogens (primary N) is 1. The smallest absolute Gasteiger partial charge is 0.0757 e. The van der Waals surface area contributed by atoms with Crippen LogP contribution in [0.15, 0.2) is 24.3 Å². The third-order valence-electron chi connectivity index (χ3n) is 4.05. The van der Waals surface area contributed by atoms with Crippen molar-refractivity contribution in [2.75, 3.05) is 19.6 Å². The van der Waals surface area contributed by atoms with Gasteiger partial charge in [0, 0.05) is 25.7 Å². The number of benzene rings is 1. The summed E-state index contributed by atoms with van der Waals surface area (Å²) in [7, 11) is 0. The van der Waals surface area contributed by atoms with Gasteiger partial charge in [0.05, 0.1) is 11.7 Å². The van der Waals surface area contributed by atoms with E-state index in [4.69, 9.17) is 10.5 Å². The summed E-state index contributed by atoms with van der Waals surface area (Å²) >= 11 is 0. The molecule has 0 aliphatic carbocycles. The molecule has 112 valence electrons. The zero-order valence-electron chi connectivity index (χ0n) is 13.2. The lowest BCUT2D eigenvalue weighted by Gasteiger charge is -2.45. The Kier molecular flexibility index (Phi) is 4.84. The van der Waals surface area contributed by atoms with E-state index >= 15 is 0 Å². The van der Waals surface area contributed by atoms with Crippen molar-refractivity contribution in [2.24, 2.45) is 5.73 Å². The van der Waals surface area contributed by atoms with Crippen LogP contribution in [0.4, 0.5) is 0 Å². The average molecular weight is 276 g/mol. The molecule has 0 aromatic heterocycles. The zero-order valence-corrected chi connectivity index (χ0v) is 13.2. The van der Waals surface area contributed by atoms with Crippen LogP contribution >= 0.6 is 0 Å². The van der Waals surface area contributed by atoms with Gasteiger partial charge in [-0.25, -0.2) is 0 Å². The van der Waals surface area contributed by atoms with Gasteiger partial charge in [0.2, 0.25) is 0 Å². The van der Waals surface area contributed by atoms with Crippen molar-refractivity contribution in [1.82, 2.24) is 4.90 Å². The molecule has 20 heavy (non-hydrogen) atoms. The van der Waals surface area contributed by atoms with Crippen molar-refractivity contribution >= 4 is 0 Å². The molecular weight excluding hydrogens is 248 g/mol. The second kappa shape index (κ2) is 6.25. The predicted octanol–water partition coefficient (Wildman–Crippen LogP) is 2.75. The van der Waals surface area contributed by atoms with Gasteiger partial charge >= 0.3 is 0 Å². The zero-order chi connectivity index (χ0) is 14.8. The van der Waals surface area contributed by atoms with E-state index in [1.807, 2.05) is 0 Å². The minimum absolute atomic E-state index is 0.105. The third-order valence-corrected chi connectivity index (χ3v) is 4.05. The molecule has 1 fully saturated rings. The van der Waals surface area contributed by atoms with Crippen LogP contribution in [0.3, 0.4) is 0 Å². The second-order valence-electron chi connectivity index (χ2n) is 6.42. The van der Waals surface area contributed by atoms with Gasteiger partial charge < -0.3 is 10.5 Å². The highest BCUT2D eigenvalue weighted by Gasteiger charge is 2.35. The molecular formula is C17H28N2O. The largest absolute Gasteiger partial charge is 0.370 e. The minimum atomic E-state index is -0.105. The number of hydrogen-bond acceptors (Lipinski definition) is 3. The Morgan fingerprint density at radius 3 is 2.70 bits per heavy atom. The molecule has 0 spiro atoms. The van der Waals surface area contributed by atoms with E-state index in [9.17, 15) is 0 Å². The van der Waals surface area contributed by atoms with Crippen LogP contribution < -0.4 is 5.73 Å². The maximum Gasteiger partial charge on any atom is 0.0757 e. The van der Waals surface area contributed by atoms with E-state index in [1.165, 1.54) is 11.1 Å². The summed E-state index contributed by atoms with van der Waals surface area (Å²) < 4.78 is 6.01. The molecule has 1 heterocycles. The van der Waals surface area contributed by atoms with E-state index in [1.54, 1.807) is 0 Å². The Morgan fingerprint density at radius 2 is 2.10 bits per heavy atom. The molecule has 2 N–H and O–H groups in total. The van der Waals surface area contributed by atoms with Gasteiger partial charge in [-0.2, -0.15) is 0 Å². The van der Waals surface area contributed by atoms with Crippen molar-refractivity contribution < 1.29 is 4.74 Å². The molecule has 0 radical (unpaired) electrons. The molecule has 3 nitrogen and oxygen atoms in total. The molecule has 2 atom stereocenters. The molecule has 0 amide bonds. The Balaban J connectivity index is 2.27. The fourth-order valence-electron chi connectivity index (χ4n) is 3.39. The Labute approximate surface area is 123 Å². The summed E-state index contributed by atoms with van der Waals surface area (Å²) in [5, 5.41) is 0. The number of rotatable bonds is 4. The molecule has 1 aromatic rings. The van der Waals surface area contributed by atoms with Crippen LogP contribution in [-0.4, -0.2) is 36.2 Å². The number of aryl methyl sites for hydroxylation is 1. The standard InChI is InChI=1S/C17H28N2O/c1-5-14-8-6-7-9-15(14)16(10-18)19-11-13(2)20-17(3,4)12-19/h6-9,13,16H,5,10-12,18H2,1-4H3. The monoisotopic (exact) mass is 276 g/mol. The molecule has 3 heteroatoms. The SMILES string of the molecule is CCc1ccccc1C(CN)N1CC(C)OC(C)(C)C1. The van der Waals surface area contributed by atoms with Crippen LogP contribution in [0.5, 0.6) is 0 Å². The number of nitrogens with zero attached hydrogens (tertiary/aromatic N) is 1. The van der Waals surface area contributed by atoms with E-state index in [2.05, 4.69) is 56.9 Å². The highest BCUT2D eigenvalue weighted by Crippen LogP contribution is 2.30. The van der Waals surface area contributed by atoms with Gasteiger partial charge in [-0.3, -0.25) is 4.90 Å². The van der Waals surface area contributed by atoms with Crippen molar-refractivity contribution in [3.8, 4) is 0 Å². The van der Waals surface area contributed by atoms with Gasteiger partial charge in [-0.1, -0.05) is 31.2 Å². The lowest BCUT2D eigenvalue weighted by atomic mass is 9.95. The van der Waals surface area contributed by atoms with Crippen LogP contribution in [0, 0.1) is 0 Å². The predicted molar refractivity (Wildman–Crippen MR) is 83.8 cm³/mol. The first-order valence-corrected chi connectivity index (χ1v) is 7.66. The van der Waals surface area contributed by atoms with Crippen molar-refractivity contribution in [1.29, 1.82) is 0 Å². The summed E-state index contributed by atoms with van der Waals surface area (Å²) in [6, 6.07) is 8.96. The Morgan fingerprint density at radius 1 is 1.40 bits per heavy atom. The summed E-state index contributed by atoms with van der Waals surface area (Å²) in [6.45, 7) is 11.2. The van der Waals surface area contributed by atoms with Crippen molar-refractivity contribution in [3.63, 3.8) is 0 Å². The molecule has 1 aliphatic rings.